The molecule has 2 aromatic rings. The second-order valence-electron chi connectivity index (χ2n) is 5.65. The molecule has 3 amide bonds. The maximum atomic E-state index is 13.8. The van der Waals surface area contributed by atoms with Crippen LogP contribution in [0.4, 0.5) is 10.1 Å². The molecule has 25 heavy (non-hydrogen) atoms. The van der Waals surface area contributed by atoms with Crippen LogP contribution in [0.15, 0.2) is 48.5 Å². The van der Waals surface area contributed by atoms with Gasteiger partial charge in [-0.3, -0.25) is 19.3 Å². The lowest BCUT2D eigenvalue weighted by Gasteiger charge is -2.22. The number of hydrogen-bond donors (Lipinski definition) is 0. The molecule has 0 atom stereocenters. The first-order valence-electron chi connectivity index (χ1n) is 8.04. The Morgan fingerprint density at radius 1 is 1.04 bits per heavy atom. The molecule has 5 nitrogen and oxygen atoms in total. The van der Waals surface area contributed by atoms with Gasteiger partial charge >= 0.3 is 0 Å². The van der Waals surface area contributed by atoms with E-state index in [1.165, 1.54) is 12.1 Å². The Labute approximate surface area is 144 Å². The lowest BCUT2D eigenvalue weighted by Crippen LogP contribution is -2.36. The van der Waals surface area contributed by atoms with Gasteiger partial charge < -0.3 is 4.90 Å². The monoisotopic (exact) mass is 340 g/mol. The van der Waals surface area contributed by atoms with Gasteiger partial charge in [-0.05, 0) is 31.2 Å². The summed E-state index contributed by atoms with van der Waals surface area (Å²) in [6.07, 6.45) is -0.0180. The maximum absolute atomic E-state index is 13.8. The van der Waals surface area contributed by atoms with E-state index in [4.69, 9.17) is 0 Å². The number of para-hydroxylation sites is 1. The first-order chi connectivity index (χ1) is 12.0. The lowest BCUT2D eigenvalue weighted by molar-refractivity contribution is -0.118. The fraction of sp³-hybridized carbons (Fsp3) is 0.211. The fourth-order valence-electron chi connectivity index (χ4n) is 2.95. The number of rotatable bonds is 5. The Morgan fingerprint density at radius 3 is 2.40 bits per heavy atom. The Bertz CT molecular complexity index is 836. The first-order valence-corrected chi connectivity index (χ1v) is 8.04. The van der Waals surface area contributed by atoms with Gasteiger partial charge in [0, 0.05) is 25.2 Å². The summed E-state index contributed by atoms with van der Waals surface area (Å²) >= 11 is 0. The largest absolute Gasteiger partial charge is 0.313 e. The molecule has 1 aliphatic rings. The molecule has 0 fully saturated rings. The van der Waals surface area contributed by atoms with Crippen molar-refractivity contribution >= 4 is 23.4 Å². The number of nitrogens with zero attached hydrogens (tertiary/aromatic N) is 2. The predicted molar refractivity (Wildman–Crippen MR) is 90.9 cm³/mol. The maximum Gasteiger partial charge on any atom is 0.264 e. The Hall–Kier alpha value is -3.02. The summed E-state index contributed by atoms with van der Waals surface area (Å²) in [5.41, 5.74) is 0.589. The van der Waals surface area contributed by atoms with Crippen LogP contribution in [0.1, 0.15) is 34.1 Å². The third-order valence-electron chi connectivity index (χ3n) is 4.18. The van der Waals surface area contributed by atoms with E-state index in [1.807, 2.05) is 37.3 Å². The van der Waals surface area contributed by atoms with E-state index in [0.717, 1.165) is 16.7 Å². The third kappa shape index (κ3) is 3.03. The molecule has 3 rings (SSSR count). The van der Waals surface area contributed by atoms with Gasteiger partial charge in [-0.1, -0.05) is 24.3 Å². The molecule has 1 aliphatic heterocycles. The average molecular weight is 340 g/mol. The summed E-state index contributed by atoms with van der Waals surface area (Å²) in [5, 5.41) is 0. The SMILES string of the molecule is CCN(C(=O)CCN1C(=O)c2cccc(F)c2C1=O)c1ccccc1. The molecule has 6 heteroatoms. The highest BCUT2D eigenvalue weighted by atomic mass is 19.1. The van der Waals surface area contributed by atoms with Crippen molar-refractivity contribution in [3.8, 4) is 0 Å². The molecule has 0 spiro atoms. The molecule has 0 aliphatic carbocycles. The second kappa shape index (κ2) is 6.84. The van der Waals surface area contributed by atoms with Crippen molar-refractivity contribution in [1.82, 2.24) is 4.90 Å². The highest BCUT2D eigenvalue weighted by Crippen LogP contribution is 2.25. The molecule has 0 saturated heterocycles. The van der Waals surface area contributed by atoms with Crippen molar-refractivity contribution in [2.75, 3.05) is 18.0 Å². The van der Waals surface area contributed by atoms with Gasteiger partial charge in [0.1, 0.15) is 5.82 Å². The Kier molecular flexibility index (Phi) is 4.61. The lowest BCUT2D eigenvalue weighted by atomic mass is 10.1. The molecule has 0 aromatic heterocycles. The van der Waals surface area contributed by atoms with Gasteiger partial charge in [0.15, 0.2) is 0 Å². The molecular formula is C19H17FN2O3. The van der Waals surface area contributed by atoms with Crippen LogP contribution < -0.4 is 4.90 Å². The molecular weight excluding hydrogens is 323 g/mol. The van der Waals surface area contributed by atoms with Gasteiger partial charge in [-0.2, -0.15) is 0 Å². The average Bonchev–Trinajstić information content (AvgIpc) is 2.86. The molecule has 1 heterocycles. The van der Waals surface area contributed by atoms with E-state index in [0.29, 0.717) is 6.54 Å². The highest BCUT2D eigenvalue weighted by molar-refractivity contribution is 6.21. The van der Waals surface area contributed by atoms with E-state index in [9.17, 15) is 18.8 Å². The minimum atomic E-state index is -0.718. The molecule has 0 unspecified atom stereocenters. The van der Waals surface area contributed by atoms with Crippen LogP contribution in [0.3, 0.4) is 0 Å². The molecule has 2 aromatic carbocycles. The topological polar surface area (TPSA) is 57.7 Å². The summed E-state index contributed by atoms with van der Waals surface area (Å²) in [6, 6.07) is 13.1. The van der Waals surface area contributed by atoms with Gasteiger partial charge in [0.2, 0.25) is 5.91 Å². The van der Waals surface area contributed by atoms with Crippen molar-refractivity contribution < 1.29 is 18.8 Å². The van der Waals surface area contributed by atoms with Crippen LogP contribution in [-0.4, -0.2) is 35.7 Å². The standard InChI is InChI=1S/C19H17FN2O3/c1-2-21(13-7-4-3-5-8-13)16(23)11-12-22-18(24)14-9-6-10-15(20)17(14)19(22)25/h3-10H,2,11-12H2,1H3. The number of imide groups is 1. The number of carbonyl (C=O) groups is 3. The number of carbonyl (C=O) groups excluding carboxylic acids is 3. The fourth-order valence-corrected chi connectivity index (χ4v) is 2.95. The first kappa shape index (κ1) is 16.8. The zero-order valence-electron chi connectivity index (χ0n) is 13.7. The summed E-state index contributed by atoms with van der Waals surface area (Å²) in [5.74, 6) is -2.17. The van der Waals surface area contributed by atoms with Crippen molar-refractivity contribution in [1.29, 1.82) is 0 Å². The number of anilines is 1. The van der Waals surface area contributed by atoms with Crippen LogP contribution in [0.5, 0.6) is 0 Å². The highest BCUT2D eigenvalue weighted by Gasteiger charge is 2.37. The molecule has 128 valence electrons. The number of amides is 3. The third-order valence-corrected chi connectivity index (χ3v) is 4.18. The van der Waals surface area contributed by atoms with E-state index >= 15 is 0 Å². The number of hydrogen-bond acceptors (Lipinski definition) is 3. The van der Waals surface area contributed by atoms with Crippen molar-refractivity contribution in [2.24, 2.45) is 0 Å². The van der Waals surface area contributed by atoms with Crippen molar-refractivity contribution in [3.63, 3.8) is 0 Å². The van der Waals surface area contributed by atoms with E-state index in [-0.39, 0.29) is 30.0 Å². The number of fused-ring (bicyclic) bond motifs is 1. The van der Waals surface area contributed by atoms with Crippen molar-refractivity contribution in [2.45, 2.75) is 13.3 Å². The number of benzene rings is 2. The summed E-state index contributed by atoms with van der Waals surface area (Å²) < 4.78 is 13.8. The summed E-state index contributed by atoms with van der Waals surface area (Å²) in [4.78, 5) is 39.6. The van der Waals surface area contributed by atoms with Crippen LogP contribution >= 0.6 is 0 Å². The second-order valence-corrected chi connectivity index (χ2v) is 5.65. The molecule has 0 radical (unpaired) electrons. The molecule has 0 bridgehead atoms. The summed E-state index contributed by atoms with van der Waals surface area (Å²) in [6.45, 7) is 2.25. The smallest absolute Gasteiger partial charge is 0.264 e. The predicted octanol–water partition coefficient (Wildman–Crippen LogP) is 2.86. The minimum absolute atomic E-state index is 0.0180. The van der Waals surface area contributed by atoms with E-state index in [2.05, 4.69) is 0 Å². The quantitative estimate of drug-likeness (QED) is 0.787. The van der Waals surface area contributed by atoms with Gasteiger partial charge in [-0.25, -0.2) is 4.39 Å². The van der Waals surface area contributed by atoms with Crippen LogP contribution in [0.25, 0.3) is 0 Å². The van der Waals surface area contributed by atoms with Crippen molar-refractivity contribution in [3.05, 3.63) is 65.5 Å². The van der Waals surface area contributed by atoms with Crippen LogP contribution in [0, 0.1) is 5.82 Å². The zero-order chi connectivity index (χ0) is 18.0. The van der Waals surface area contributed by atoms with Crippen LogP contribution in [-0.2, 0) is 4.79 Å². The van der Waals surface area contributed by atoms with E-state index in [1.54, 1.807) is 4.90 Å². The van der Waals surface area contributed by atoms with Gasteiger partial charge in [-0.15, -0.1) is 0 Å². The number of halogens is 1. The normalized spacial score (nSPS) is 13.1. The van der Waals surface area contributed by atoms with Gasteiger partial charge in [0.05, 0.1) is 11.1 Å². The van der Waals surface area contributed by atoms with E-state index < -0.39 is 17.6 Å². The molecule has 0 N–H and O–H groups in total. The minimum Gasteiger partial charge on any atom is -0.313 e. The zero-order valence-corrected chi connectivity index (χ0v) is 13.7. The molecule has 0 saturated carbocycles. The Morgan fingerprint density at radius 2 is 1.76 bits per heavy atom. The summed E-state index contributed by atoms with van der Waals surface area (Å²) in [7, 11) is 0. The van der Waals surface area contributed by atoms with Gasteiger partial charge in [0.25, 0.3) is 11.8 Å². The van der Waals surface area contributed by atoms with Crippen LogP contribution in [0.2, 0.25) is 0 Å². The Balaban J connectivity index is 1.72.